The van der Waals surface area contributed by atoms with E-state index in [0.717, 1.165) is 12.8 Å². The Labute approximate surface area is 173 Å². The van der Waals surface area contributed by atoms with E-state index in [-0.39, 0.29) is 36.6 Å². The average Bonchev–Trinajstić information content (AvgIpc) is 3.12. The van der Waals surface area contributed by atoms with E-state index in [2.05, 4.69) is 10.5 Å². The Morgan fingerprint density at radius 2 is 2.10 bits per heavy atom. The number of carbonyl (C=O) groups is 2. The predicted octanol–water partition coefficient (Wildman–Crippen LogP) is 2.63. The van der Waals surface area contributed by atoms with Gasteiger partial charge in [-0.05, 0) is 31.9 Å². The summed E-state index contributed by atoms with van der Waals surface area (Å²) in [5, 5.41) is 6.98. The number of hydrogen-bond acceptors (Lipinski definition) is 5. The molecule has 1 aromatic carbocycles. The molecule has 156 valence electrons. The smallest absolute Gasteiger partial charge is 0.273 e. The van der Waals surface area contributed by atoms with Crippen LogP contribution in [0, 0.1) is 12.7 Å². The first-order valence-electron chi connectivity index (χ1n) is 9.47. The van der Waals surface area contributed by atoms with Crippen LogP contribution in [0.4, 0.5) is 4.39 Å². The minimum absolute atomic E-state index is 0.0285. The lowest BCUT2D eigenvalue weighted by Crippen LogP contribution is -2.47. The molecule has 29 heavy (non-hydrogen) atoms. The van der Waals surface area contributed by atoms with Crippen molar-refractivity contribution in [3.63, 3.8) is 0 Å². The minimum Gasteiger partial charge on any atom is -0.361 e. The van der Waals surface area contributed by atoms with Gasteiger partial charge in [-0.1, -0.05) is 22.8 Å². The molecule has 0 spiro atoms. The number of aromatic nitrogens is 1. The van der Waals surface area contributed by atoms with Crippen molar-refractivity contribution in [3.8, 4) is 0 Å². The molecule has 1 N–H and O–H groups in total. The summed E-state index contributed by atoms with van der Waals surface area (Å²) >= 11 is 6.04. The maximum atomic E-state index is 13.9. The summed E-state index contributed by atoms with van der Waals surface area (Å²) in [6, 6.07) is 6.11. The maximum absolute atomic E-state index is 13.9. The normalized spacial score (nSPS) is 15.3. The largest absolute Gasteiger partial charge is 0.361 e. The Morgan fingerprint density at radius 3 is 2.72 bits per heavy atom. The summed E-state index contributed by atoms with van der Waals surface area (Å²) < 4.78 is 18.8. The molecule has 0 saturated carbocycles. The molecule has 3 rings (SSSR count). The third-order valence-electron chi connectivity index (χ3n) is 5.02. The fourth-order valence-corrected chi connectivity index (χ4v) is 3.51. The molecule has 0 bridgehead atoms. The lowest BCUT2D eigenvalue weighted by Gasteiger charge is -2.32. The Balaban J connectivity index is 1.45. The number of nitrogens with one attached hydrogen (secondary N) is 1. The second-order valence-electron chi connectivity index (χ2n) is 7.30. The van der Waals surface area contributed by atoms with Gasteiger partial charge in [0.25, 0.3) is 5.91 Å². The van der Waals surface area contributed by atoms with E-state index in [4.69, 9.17) is 16.1 Å². The number of halogens is 2. The zero-order chi connectivity index (χ0) is 21.0. The molecule has 2 heterocycles. The fraction of sp³-hybridized carbons (Fsp3) is 0.450. The molecule has 0 aliphatic carbocycles. The number of rotatable bonds is 6. The molecule has 0 atom stereocenters. The molecule has 2 aromatic rings. The summed E-state index contributed by atoms with van der Waals surface area (Å²) in [5.41, 5.74) is 0.586. The van der Waals surface area contributed by atoms with Crippen LogP contribution in [-0.2, 0) is 11.3 Å². The third-order valence-corrected chi connectivity index (χ3v) is 5.38. The molecule has 7 nitrogen and oxygen atoms in total. The summed E-state index contributed by atoms with van der Waals surface area (Å²) in [4.78, 5) is 28.2. The van der Waals surface area contributed by atoms with Gasteiger partial charge in [0.2, 0.25) is 5.91 Å². The van der Waals surface area contributed by atoms with Crippen LogP contribution < -0.4 is 5.32 Å². The lowest BCUT2D eigenvalue weighted by atomic mass is 10.0. The van der Waals surface area contributed by atoms with Gasteiger partial charge in [0, 0.05) is 49.4 Å². The van der Waals surface area contributed by atoms with Crippen molar-refractivity contribution >= 4 is 23.4 Å². The highest BCUT2D eigenvalue weighted by atomic mass is 35.5. The van der Waals surface area contributed by atoms with Crippen LogP contribution in [0.25, 0.3) is 0 Å². The second kappa shape index (κ2) is 9.37. The number of hydrogen-bond donors (Lipinski definition) is 1. The predicted molar refractivity (Wildman–Crippen MR) is 106 cm³/mol. The van der Waals surface area contributed by atoms with Crippen LogP contribution in [0.2, 0.25) is 5.02 Å². The number of amides is 2. The zero-order valence-electron chi connectivity index (χ0n) is 16.5. The minimum atomic E-state index is -0.420. The van der Waals surface area contributed by atoms with Crippen LogP contribution in [0.5, 0.6) is 0 Å². The van der Waals surface area contributed by atoms with Crippen molar-refractivity contribution in [2.45, 2.75) is 32.4 Å². The van der Waals surface area contributed by atoms with Gasteiger partial charge in [0.1, 0.15) is 11.6 Å². The van der Waals surface area contributed by atoms with Gasteiger partial charge in [0.05, 0.1) is 6.54 Å². The number of likely N-dealkylation sites (tertiary alicyclic amines) is 1. The van der Waals surface area contributed by atoms with E-state index in [1.165, 1.54) is 17.0 Å². The first-order valence-corrected chi connectivity index (χ1v) is 9.84. The first-order chi connectivity index (χ1) is 13.8. The van der Waals surface area contributed by atoms with Gasteiger partial charge in [0.15, 0.2) is 5.69 Å². The van der Waals surface area contributed by atoms with Gasteiger partial charge in [-0.3, -0.25) is 14.5 Å². The SMILES string of the molecule is Cc1cc(C(=O)NC2CCN(CC(=O)N(C)Cc3c(F)cccc3Cl)CC2)no1. The molecule has 1 saturated heterocycles. The van der Waals surface area contributed by atoms with Gasteiger partial charge >= 0.3 is 0 Å². The number of likely N-dealkylation sites (N-methyl/N-ethyl adjacent to an activating group) is 1. The van der Waals surface area contributed by atoms with Crippen LogP contribution in [0.1, 0.15) is 34.7 Å². The molecule has 9 heteroatoms. The van der Waals surface area contributed by atoms with Crippen LogP contribution in [-0.4, -0.2) is 59.5 Å². The van der Waals surface area contributed by atoms with Crippen molar-refractivity contribution < 1.29 is 18.5 Å². The average molecular weight is 423 g/mol. The Bertz CT molecular complexity index is 860. The van der Waals surface area contributed by atoms with Crippen LogP contribution in [0.3, 0.4) is 0 Å². The van der Waals surface area contributed by atoms with Gasteiger partial charge in [-0.15, -0.1) is 0 Å². The van der Waals surface area contributed by atoms with E-state index in [1.54, 1.807) is 26.1 Å². The summed E-state index contributed by atoms with van der Waals surface area (Å²) in [5.74, 6) is -0.192. The van der Waals surface area contributed by atoms with Crippen LogP contribution in [0.15, 0.2) is 28.8 Å². The molecule has 1 aliphatic heterocycles. The number of piperidine rings is 1. The Kier molecular flexibility index (Phi) is 6.87. The number of aryl methyl sites for hydroxylation is 1. The molecular formula is C20H24ClFN4O3. The Hall–Kier alpha value is -2.45. The number of nitrogens with zero attached hydrogens (tertiary/aromatic N) is 3. The highest BCUT2D eigenvalue weighted by molar-refractivity contribution is 6.31. The van der Waals surface area contributed by atoms with Crippen molar-refractivity contribution in [1.29, 1.82) is 0 Å². The van der Waals surface area contributed by atoms with E-state index >= 15 is 0 Å². The van der Waals surface area contributed by atoms with E-state index in [9.17, 15) is 14.0 Å². The summed E-state index contributed by atoms with van der Waals surface area (Å²) in [7, 11) is 1.64. The van der Waals surface area contributed by atoms with E-state index in [1.807, 2.05) is 4.90 Å². The molecule has 0 radical (unpaired) electrons. The highest BCUT2D eigenvalue weighted by Crippen LogP contribution is 2.20. The molecular weight excluding hydrogens is 399 g/mol. The van der Waals surface area contributed by atoms with E-state index in [0.29, 0.717) is 29.4 Å². The number of benzene rings is 1. The van der Waals surface area contributed by atoms with Gasteiger partial charge in [-0.2, -0.15) is 0 Å². The standard InChI is InChI=1S/C20H24ClFN4O3/c1-13-10-18(24-29-13)20(28)23-14-6-8-26(9-7-14)12-19(27)25(2)11-15-16(21)4-3-5-17(15)22/h3-5,10,14H,6-9,11-12H2,1-2H3,(H,23,28). The molecule has 1 aliphatic rings. The molecule has 2 amide bonds. The topological polar surface area (TPSA) is 78.7 Å². The Morgan fingerprint density at radius 1 is 1.38 bits per heavy atom. The summed E-state index contributed by atoms with van der Waals surface area (Å²) in [6.45, 7) is 3.46. The van der Waals surface area contributed by atoms with Crippen molar-refractivity contribution in [2.75, 3.05) is 26.7 Å². The van der Waals surface area contributed by atoms with E-state index < -0.39 is 5.82 Å². The summed E-state index contributed by atoms with van der Waals surface area (Å²) in [6.07, 6.45) is 1.47. The third kappa shape index (κ3) is 5.55. The van der Waals surface area contributed by atoms with Gasteiger partial charge < -0.3 is 14.7 Å². The number of carbonyl (C=O) groups excluding carboxylic acids is 2. The van der Waals surface area contributed by atoms with Gasteiger partial charge in [-0.25, -0.2) is 4.39 Å². The maximum Gasteiger partial charge on any atom is 0.273 e. The van der Waals surface area contributed by atoms with Crippen LogP contribution >= 0.6 is 11.6 Å². The lowest BCUT2D eigenvalue weighted by molar-refractivity contribution is -0.132. The highest BCUT2D eigenvalue weighted by Gasteiger charge is 2.24. The quantitative estimate of drug-likeness (QED) is 0.774. The zero-order valence-corrected chi connectivity index (χ0v) is 17.2. The van der Waals surface area contributed by atoms with Crippen molar-refractivity contribution in [1.82, 2.24) is 20.3 Å². The second-order valence-corrected chi connectivity index (χ2v) is 7.70. The fourth-order valence-electron chi connectivity index (χ4n) is 3.29. The monoisotopic (exact) mass is 422 g/mol. The molecule has 1 fully saturated rings. The van der Waals surface area contributed by atoms with Crippen molar-refractivity contribution in [2.24, 2.45) is 0 Å². The van der Waals surface area contributed by atoms with Crippen molar-refractivity contribution in [3.05, 3.63) is 52.1 Å². The molecule has 0 unspecified atom stereocenters. The molecule has 1 aromatic heterocycles. The first kappa shape index (κ1) is 21.3.